The van der Waals surface area contributed by atoms with Crippen LogP contribution in [0.25, 0.3) is 10.9 Å². The Labute approximate surface area is 136 Å². The molecule has 3 aliphatic rings. The maximum absolute atomic E-state index is 13.1. The molecule has 1 amide bonds. The Hall–Kier alpha value is -1.81. The SMILES string of the molecule is Cc1ccc2cc3n(c2c1)C(=O)N(C1CC2CCC(C1)N2C)C3. The number of benzene rings is 1. The summed E-state index contributed by atoms with van der Waals surface area (Å²) < 4.78 is 1.95. The predicted molar refractivity (Wildman–Crippen MR) is 90.6 cm³/mol. The molecule has 1 aromatic carbocycles. The number of nitrogens with zero attached hydrogens (tertiary/aromatic N) is 3. The lowest BCUT2D eigenvalue weighted by molar-refractivity contribution is 0.0944. The Balaban J connectivity index is 1.48. The molecule has 0 N–H and O–H groups in total. The Kier molecular flexibility index (Phi) is 2.72. The van der Waals surface area contributed by atoms with Crippen LogP contribution in [0.4, 0.5) is 4.79 Å². The fourth-order valence-electron chi connectivity index (χ4n) is 5.00. The molecule has 3 aliphatic heterocycles. The van der Waals surface area contributed by atoms with Crippen LogP contribution in [-0.2, 0) is 6.54 Å². The lowest BCUT2D eigenvalue weighted by Crippen LogP contribution is -2.49. The van der Waals surface area contributed by atoms with Gasteiger partial charge in [-0.2, -0.15) is 0 Å². The van der Waals surface area contributed by atoms with Gasteiger partial charge in [0.05, 0.1) is 12.1 Å². The van der Waals surface area contributed by atoms with E-state index in [1.807, 2.05) is 4.57 Å². The minimum atomic E-state index is 0.189. The van der Waals surface area contributed by atoms with E-state index in [2.05, 4.69) is 48.0 Å². The highest BCUT2D eigenvalue weighted by atomic mass is 16.2. The second-order valence-corrected chi connectivity index (χ2v) is 7.62. The van der Waals surface area contributed by atoms with Crippen LogP contribution in [0.2, 0.25) is 0 Å². The largest absolute Gasteiger partial charge is 0.329 e. The van der Waals surface area contributed by atoms with Crippen LogP contribution in [0.5, 0.6) is 0 Å². The van der Waals surface area contributed by atoms with Gasteiger partial charge < -0.3 is 9.80 Å². The van der Waals surface area contributed by atoms with Gasteiger partial charge in [-0.1, -0.05) is 12.1 Å². The molecule has 1 aromatic heterocycles. The molecule has 0 saturated carbocycles. The van der Waals surface area contributed by atoms with E-state index in [9.17, 15) is 4.79 Å². The van der Waals surface area contributed by atoms with Gasteiger partial charge in [0.1, 0.15) is 0 Å². The van der Waals surface area contributed by atoms with Gasteiger partial charge in [0.2, 0.25) is 0 Å². The van der Waals surface area contributed by atoms with E-state index in [0.29, 0.717) is 18.1 Å². The number of carbonyl (C=O) groups is 1. The minimum absolute atomic E-state index is 0.189. The molecule has 4 heteroatoms. The Morgan fingerprint density at radius 1 is 1.04 bits per heavy atom. The molecular formula is C19H23N3O. The summed E-state index contributed by atoms with van der Waals surface area (Å²) in [5.74, 6) is 0. The standard InChI is InChI=1S/C19H23N3O/c1-12-3-4-13-8-17-11-21(19(23)22(17)18(13)7-12)16-9-14-5-6-15(10-16)20(14)2/h3-4,7-8,14-16H,5-6,9-11H2,1-2H3. The van der Waals surface area contributed by atoms with E-state index in [-0.39, 0.29) is 6.03 Å². The van der Waals surface area contributed by atoms with Crippen LogP contribution >= 0.6 is 0 Å². The molecule has 0 spiro atoms. The first-order valence-corrected chi connectivity index (χ1v) is 8.76. The lowest BCUT2D eigenvalue weighted by Gasteiger charge is -2.40. The molecule has 4 heterocycles. The van der Waals surface area contributed by atoms with E-state index in [1.165, 1.54) is 23.8 Å². The molecule has 2 bridgehead atoms. The van der Waals surface area contributed by atoms with Crippen LogP contribution in [0.15, 0.2) is 24.3 Å². The molecule has 0 aliphatic carbocycles. The highest BCUT2D eigenvalue weighted by Crippen LogP contribution is 2.39. The molecule has 5 rings (SSSR count). The summed E-state index contributed by atoms with van der Waals surface area (Å²) in [5, 5.41) is 1.18. The van der Waals surface area contributed by atoms with E-state index >= 15 is 0 Å². The van der Waals surface area contributed by atoms with E-state index in [4.69, 9.17) is 0 Å². The topological polar surface area (TPSA) is 28.5 Å². The van der Waals surface area contributed by atoms with Crippen LogP contribution in [0, 0.1) is 6.92 Å². The van der Waals surface area contributed by atoms with Crippen LogP contribution in [0.1, 0.15) is 36.9 Å². The third kappa shape index (κ3) is 1.84. The summed E-state index contributed by atoms with van der Waals surface area (Å²) in [7, 11) is 2.25. The van der Waals surface area contributed by atoms with Crippen LogP contribution in [0.3, 0.4) is 0 Å². The molecule has 2 saturated heterocycles. The van der Waals surface area contributed by atoms with Gasteiger partial charge in [0.25, 0.3) is 0 Å². The maximum atomic E-state index is 13.1. The van der Waals surface area contributed by atoms with Crippen molar-refractivity contribution in [3.63, 3.8) is 0 Å². The summed E-state index contributed by atoms with van der Waals surface area (Å²) in [6.45, 7) is 2.87. The Morgan fingerprint density at radius 3 is 2.52 bits per heavy atom. The third-order valence-corrected chi connectivity index (χ3v) is 6.32. The summed E-state index contributed by atoms with van der Waals surface area (Å²) in [4.78, 5) is 17.7. The number of aryl methyl sites for hydroxylation is 1. The predicted octanol–water partition coefficient (Wildman–Crippen LogP) is 3.36. The molecular weight excluding hydrogens is 286 g/mol. The zero-order valence-corrected chi connectivity index (χ0v) is 13.8. The van der Waals surface area contributed by atoms with Crippen LogP contribution < -0.4 is 0 Å². The second-order valence-electron chi connectivity index (χ2n) is 7.62. The fraction of sp³-hybridized carbons (Fsp3) is 0.526. The average Bonchev–Trinajstić information content (AvgIpc) is 3.08. The lowest BCUT2D eigenvalue weighted by atomic mass is 9.96. The summed E-state index contributed by atoms with van der Waals surface area (Å²) >= 11 is 0. The molecule has 0 radical (unpaired) electrons. The zero-order valence-electron chi connectivity index (χ0n) is 13.8. The Morgan fingerprint density at radius 2 is 1.78 bits per heavy atom. The van der Waals surface area contributed by atoms with E-state index in [1.54, 1.807) is 0 Å². The normalized spacial score (nSPS) is 30.4. The van der Waals surface area contributed by atoms with Crippen molar-refractivity contribution in [1.82, 2.24) is 14.4 Å². The summed E-state index contributed by atoms with van der Waals surface area (Å²) in [6, 6.07) is 10.5. The number of hydrogen-bond donors (Lipinski definition) is 0. The number of fused-ring (bicyclic) bond motifs is 5. The quantitative estimate of drug-likeness (QED) is 0.808. The van der Waals surface area contributed by atoms with Crippen molar-refractivity contribution in [2.24, 2.45) is 0 Å². The molecule has 2 atom stereocenters. The van der Waals surface area contributed by atoms with Crippen molar-refractivity contribution < 1.29 is 4.79 Å². The number of hydrogen-bond acceptors (Lipinski definition) is 2. The molecule has 2 unspecified atom stereocenters. The number of aromatic nitrogens is 1. The third-order valence-electron chi connectivity index (χ3n) is 6.32. The maximum Gasteiger partial charge on any atom is 0.329 e. The Bertz CT molecular complexity index is 794. The van der Waals surface area contributed by atoms with Crippen molar-refractivity contribution in [3.8, 4) is 0 Å². The van der Waals surface area contributed by atoms with Gasteiger partial charge in [-0.25, -0.2) is 4.79 Å². The van der Waals surface area contributed by atoms with Gasteiger partial charge in [0.15, 0.2) is 0 Å². The monoisotopic (exact) mass is 309 g/mol. The molecule has 4 nitrogen and oxygen atoms in total. The zero-order chi connectivity index (χ0) is 15.7. The highest BCUT2D eigenvalue weighted by Gasteiger charge is 2.43. The second kappa shape index (κ2) is 4.60. The van der Waals surface area contributed by atoms with E-state index < -0.39 is 0 Å². The first-order valence-electron chi connectivity index (χ1n) is 8.76. The smallest absolute Gasteiger partial charge is 0.315 e. The highest BCUT2D eigenvalue weighted by molar-refractivity contribution is 5.95. The fourth-order valence-corrected chi connectivity index (χ4v) is 5.00. The molecule has 2 fully saturated rings. The average molecular weight is 309 g/mol. The summed E-state index contributed by atoms with van der Waals surface area (Å²) in [6.07, 6.45) is 4.88. The van der Waals surface area contributed by atoms with Crippen molar-refractivity contribution in [3.05, 3.63) is 35.5 Å². The van der Waals surface area contributed by atoms with Gasteiger partial charge in [0, 0.05) is 29.2 Å². The first-order chi connectivity index (χ1) is 11.1. The number of carbonyl (C=O) groups excluding carboxylic acids is 1. The number of amides is 1. The van der Waals surface area contributed by atoms with Gasteiger partial charge in [-0.15, -0.1) is 0 Å². The van der Waals surface area contributed by atoms with Gasteiger partial charge in [-0.05, 0) is 57.4 Å². The van der Waals surface area contributed by atoms with Gasteiger partial charge >= 0.3 is 6.03 Å². The van der Waals surface area contributed by atoms with Crippen molar-refractivity contribution in [1.29, 1.82) is 0 Å². The van der Waals surface area contributed by atoms with Crippen molar-refractivity contribution >= 4 is 16.9 Å². The first kappa shape index (κ1) is 13.6. The number of rotatable bonds is 1. The number of piperidine rings is 1. The molecule has 23 heavy (non-hydrogen) atoms. The van der Waals surface area contributed by atoms with E-state index in [0.717, 1.165) is 30.6 Å². The van der Waals surface area contributed by atoms with Crippen molar-refractivity contribution in [2.45, 2.75) is 57.3 Å². The van der Waals surface area contributed by atoms with Crippen molar-refractivity contribution in [2.75, 3.05) is 7.05 Å². The van der Waals surface area contributed by atoms with Crippen LogP contribution in [-0.4, -0.2) is 45.6 Å². The van der Waals surface area contributed by atoms with Gasteiger partial charge in [-0.3, -0.25) is 4.57 Å². The minimum Gasteiger partial charge on any atom is -0.315 e. The summed E-state index contributed by atoms with van der Waals surface area (Å²) in [5.41, 5.74) is 3.44. The molecule has 120 valence electrons. The molecule has 2 aromatic rings.